The maximum absolute atomic E-state index is 11.7. The van der Waals surface area contributed by atoms with E-state index >= 15 is 0 Å². The minimum Gasteiger partial charge on any atom is -0.314 e. The van der Waals surface area contributed by atoms with E-state index in [0.29, 0.717) is 6.54 Å². The van der Waals surface area contributed by atoms with Crippen molar-refractivity contribution in [1.29, 1.82) is 0 Å². The van der Waals surface area contributed by atoms with Gasteiger partial charge in [0.2, 0.25) is 0 Å². The monoisotopic (exact) mass is 193 g/mol. The molecule has 0 atom stereocenters. The Labute approximate surface area is 77.5 Å². The average Bonchev–Trinajstić information content (AvgIpc) is 2.14. The molecule has 0 amide bonds. The lowest BCUT2D eigenvalue weighted by atomic mass is 10.3. The molecule has 0 unspecified atom stereocenters. The highest BCUT2D eigenvalue weighted by Gasteiger charge is 2.08. The lowest BCUT2D eigenvalue weighted by molar-refractivity contribution is 0.143. The number of halogens is 2. The highest BCUT2D eigenvalue weighted by molar-refractivity contribution is 4.68. The van der Waals surface area contributed by atoms with E-state index in [1.807, 2.05) is 0 Å². The molecule has 1 aliphatic rings. The van der Waals surface area contributed by atoms with Crippen LogP contribution in [0.2, 0.25) is 0 Å². The Kier molecular flexibility index (Phi) is 5.19. The molecule has 1 aliphatic heterocycles. The SMILES string of the molecule is FC(F)CNCCN1CCNCC1. The molecular formula is C8H17F2N3. The molecule has 0 saturated carbocycles. The van der Waals surface area contributed by atoms with Crippen molar-refractivity contribution in [2.24, 2.45) is 0 Å². The first kappa shape index (κ1) is 10.8. The molecule has 3 nitrogen and oxygen atoms in total. The minimum absolute atomic E-state index is 0.188. The summed E-state index contributed by atoms with van der Waals surface area (Å²) in [5, 5.41) is 5.96. The van der Waals surface area contributed by atoms with E-state index in [2.05, 4.69) is 15.5 Å². The first-order valence-electron chi connectivity index (χ1n) is 4.71. The summed E-state index contributed by atoms with van der Waals surface area (Å²) >= 11 is 0. The van der Waals surface area contributed by atoms with E-state index in [0.717, 1.165) is 32.7 Å². The molecule has 1 saturated heterocycles. The molecule has 0 aromatic rings. The van der Waals surface area contributed by atoms with Gasteiger partial charge in [-0.3, -0.25) is 4.90 Å². The van der Waals surface area contributed by atoms with E-state index in [9.17, 15) is 8.78 Å². The Morgan fingerprint density at radius 3 is 2.62 bits per heavy atom. The fourth-order valence-electron chi connectivity index (χ4n) is 1.38. The number of hydrogen-bond acceptors (Lipinski definition) is 3. The molecule has 1 rings (SSSR count). The molecule has 0 radical (unpaired) electrons. The van der Waals surface area contributed by atoms with Crippen LogP contribution in [0.25, 0.3) is 0 Å². The normalized spacial score (nSPS) is 19.6. The summed E-state index contributed by atoms with van der Waals surface area (Å²) in [7, 11) is 0. The molecular weight excluding hydrogens is 176 g/mol. The lowest BCUT2D eigenvalue weighted by Gasteiger charge is -2.27. The van der Waals surface area contributed by atoms with E-state index in [1.54, 1.807) is 0 Å². The van der Waals surface area contributed by atoms with E-state index in [1.165, 1.54) is 0 Å². The zero-order valence-corrected chi connectivity index (χ0v) is 7.73. The van der Waals surface area contributed by atoms with Crippen LogP contribution in [0.4, 0.5) is 8.78 Å². The zero-order valence-electron chi connectivity index (χ0n) is 7.73. The van der Waals surface area contributed by atoms with Crippen LogP contribution < -0.4 is 10.6 Å². The third-order valence-corrected chi connectivity index (χ3v) is 2.11. The second-order valence-corrected chi connectivity index (χ2v) is 3.19. The van der Waals surface area contributed by atoms with Crippen LogP contribution in [0, 0.1) is 0 Å². The number of piperazine rings is 1. The van der Waals surface area contributed by atoms with Crippen molar-refractivity contribution in [3.05, 3.63) is 0 Å². The summed E-state index contributed by atoms with van der Waals surface area (Å²) in [5.41, 5.74) is 0. The number of alkyl halides is 2. The van der Waals surface area contributed by atoms with Gasteiger partial charge in [-0.05, 0) is 0 Å². The molecule has 0 bridgehead atoms. The summed E-state index contributed by atoms with van der Waals surface area (Å²) in [6, 6.07) is 0. The molecule has 0 aromatic heterocycles. The van der Waals surface area contributed by atoms with Crippen molar-refractivity contribution in [1.82, 2.24) is 15.5 Å². The van der Waals surface area contributed by atoms with Gasteiger partial charge in [0.05, 0.1) is 6.54 Å². The smallest absolute Gasteiger partial charge is 0.250 e. The fourth-order valence-corrected chi connectivity index (χ4v) is 1.38. The predicted octanol–water partition coefficient (Wildman–Crippen LogP) is -0.254. The number of nitrogens with one attached hydrogen (secondary N) is 2. The van der Waals surface area contributed by atoms with Gasteiger partial charge in [0, 0.05) is 39.3 Å². The second kappa shape index (κ2) is 6.23. The summed E-state index contributed by atoms with van der Waals surface area (Å²) in [4.78, 5) is 2.27. The molecule has 78 valence electrons. The van der Waals surface area contributed by atoms with Crippen LogP contribution >= 0.6 is 0 Å². The highest BCUT2D eigenvalue weighted by atomic mass is 19.3. The van der Waals surface area contributed by atoms with Gasteiger partial charge in [-0.15, -0.1) is 0 Å². The molecule has 1 fully saturated rings. The van der Waals surface area contributed by atoms with E-state index in [4.69, 9.17) is 0 Å². The fraction of sp³-hybridized carbons (Fsp3) is 1.00. The number of hydrogen-bond donors (Lipinski definition) is 2. The average molecular weight is 193 g/mol. The van der Waals surface area contributed by atoms with Crippen LogP contribution in [0.5, 0.6) is 0 Å². The largest absolute Gasteiger partial charge is 0.314 e. The van der Waals surface area contributed by atoms with Gasteiger partial charge in [-0.25, -0.2) is 8.78 Å². The standard InChI is InChI=1S/C8H17F2N3/c9-8(10)7-12-3-6-13-4-1-11-2-5-13/h8,11-12H,1-7H2. The van der Waals surface area contributed by atoms with Crippen molar-refractivity contribution < 1.29 is 8.78 Å². The Morgan fingerprint density at radius 2 is 2.00 bits per heavy atom. The number of rotatable bonds is 5. The van der Waals surface area contributed by atoms with Gasteiger partial charge in [0.25, 0.3) is 6.43 Å². The van der Waals surface area contributed by atoms with Crippen molar-refractivity contribution in [3.8, 4) is 0 Å². The summed E-state index contributed by atoms with van der Waals surface area (Å²) in [6.07, 6.45) is -2.23. The topological polar surface area (TPSA) is 27.3 Å². The van der Waals surface area contributed by atoms with Crippen LogP contribution in [0.15, 0.2) is 0 Å². The van der Waals surface area contributed by atoms with E-state index in [-0.39, 0.29) is 6.54 Å². The second-order valence-electron chi connectivity index (χ2n) is 3.19. The molecule has 5 heteroatoms. The van der Waals surface area contributed by atoms with Crippen molar-refractivity contribution in [3.63, 3.8) is 0 Å². The van der Waals surface area contributed by atoms with Gasteiger partial charge in [0.15, 0.2) is 0 Å². The third kappa shape index (κ3) is 5.13. The summed E-state index contributed by atoms with van der Waals surface area (Å²) in [6.45, 7) is 5.40. The molecule has 0 aliphatic carbocycles. The van der Waals surface area contributed by atoms with Gasteiger partial charge < -0.3 is 10.6 Å². The van der Waals surface area contributed by atoms with Gasteiger partial charge in [-0.2, -0.15) is 0 Å². The lowest BCUT2D eigenvalue weighted by Crippen LogP contribution is -2.46. The Balaban J connectivity index is 1.92. The Hall–Kier alpha value is -0.260. The zero-order chi connectivity index (χ0) is 9.52. The van der Waals surface area contributed by atoms with Crippen LogP contribution in [0.3, 0.4) is 0 Å². The van der Waals surface area contributed by atoms with Gasteiger partial charge >= 0.3 is 0 Å². The molecule has 2 N–H and O–H groups in total. The molecule has 1 heterocycles. The molecule has 0 aromatic carbocycles. The van der Waals surface area contributed by atoms with Crippen molar-refractivity contribution in [2.75, 3.05) is 45.8 Å². The Morgan fingerprint density at radius 1 is 1.31 bits per heavy atom. The minimum atomic E-state index is -2.23. The maximum atomic E-state index is 11.7. The predicted molar refractivity (Wildman–Crippen MR) is 48.2 cm³/mol. The van der Waals surface area contributed by atoms with Crippen LogP contribution in [-0.4, -0.2) is 57.1 Å². The molecule has 0 spiro atoms. The summed E-state index contributed by atoms with van der Waals surface area (Å²) in [5.74, 6) is 0. The summed E-state index contributed by atoms with van der Waals surface area (Å²) < 4.78 is 23.4. The van der Waals surface area contributed by atoms with Crippen molar-refractivity contribution in [2.45, 2.75) is 6.43 Å². The highest BCUT2D eigenvalue weighted by Crippen LogP contribution is 1.91. The van der Waals surface area contributed by atoms with Gasteiger partial charge in [0.1, 0.15) is 0 Å². The van der Waals surface area contributed by atoms with Gasteiger partial charge in [-0.1, -0.05) is 0 Å². The third-order valence-electron chi connectivity index (χ3n) is 2.11. The number of nitrogens with zero attached hydrogens (tertiary/aromatic N) is 1. The first-order valence-corrected chi connectivity index (χ1v) is 4.71. The van der Waals surface area contributed by atoms with Crippen LogP contribution in [0.1, 0.15) is 0 Å². The molecule has 13 heavy (non-hydrogen) atoms. The maximum Gasteiger partial charge on any atom is 0.250 e. The van der Waals surface area contributed by atoms with Crippen molar-refractivity contribution >= 4 is 0 Å². The Bertz CT molecular complexity index is 127. The van der Waals surface area contributed by atoms with E-state index < -0.39 is 6.43 Å². The van der Waals surface area contributed by atoms with Crippen LogP contribution in [-0.2, 0) is 0 Å². The first-order chi connectivity index (χ1) is 6.29. The quantitative estimate of drug-likeness (QED) is 0.589.